The number of nitrogens with zero attached hydrogens (tertiary/aromatic N) is 1. The van der Waals surface area contributed by atoms with Gasteiger partial charge in [-0.2, -0.15) is 0 Å². The third kappa shape index (κ3) is 3.17. The van der Waals surface area contributed by atoms with Crippen molar-refractivity contribution >= 4 is 11.8 Å². The molecule has 1 rings (SSSR count). The normalized spacial score (nSPS) is 21.4. The van der Waals surface area contributed by atoms with Crippen LogP contribution in [0.4, 0.5) is 0 Å². The predicted molar refractivity (Wildman–Crippen MR) is 54.1 cm³/mol. The summed E-state index contributed by atoms with van der Waals surface area (Å²) in [4.78, 5) is 24.2. The largest absolute Gasteiger partial charge is 0.372 e. The Morgan fingerprint density at radius 2 is 2.33 bits per heavy atom. The Morgan fingerprint density at radius 3 is 2.93 bits per heavy atom. The number of carbonyl (C=O) groups is 2. The molecule has 1 aliphatic rings. The SMILES string of the molecule is CCOCC(=O)N1CCNCC1C(N)=O. The molecular weight excluding hydrogens is 198 g/mol. The van der Waals surface area contributed by atoms with Crippen LogP contribution in [-0.2, 0) is 14.3 Å². The maximum absolute atomic E-state index is 11.6. The molecule has 2 amide bonds. The van der Waals surface area contributed by atoms with Gasteiger partial charge in [-0.15, -0.1) is 0 Å². The second kappa shape index (κ2) is 5.67. The molecule has 0 bridgehead atoms. The van der Waals surface area contributed by atoms with E-state index >= 15 is 0 Å². The van der Waals surface area contributed by atoms with Gasteiger partial charge in [0, 0.05) is 26.2 Å². The number of primary amides is 1. The van der Waals surface area contributed by atoms with Gasteiger partial charge in [0.2, 0.25) is 11.8 Å². The summed E-state index contributed by atoms with van der Waals surface area (Å²) in [7, 11) is 0. The molecule has 1 aliphatic heterocycles. The highest BCUT2D eigenvalue weighted by Gasteiger charge is 2.30. The molecule has 6 nitrogen and oxygen atoms in total. The van der Waals surface area contributed by atoms with Crippen LogP contribution in [-0.4, -0.2) is 55.6 Å². The van der Waals surface area contributed by atoms with E-state index < -0.39 is 11.9 Å². The monoisotopic (exact) mass is 215 g/mol. The third-order valence-corrected chi connectivity index (χ3v) is 2.32. The van der Waals surface area contributed by atoms with Gasteiger partial charge in [-0.25, -0.2) is 0 Å². The topological polar surface area (TPSA) is 84.7 Å². The number of nitrogens with one attached hydrogen (secondary N) is 1. The van der Waals surface area contributed by atoms with E-state index in [1.54, 1.807) is 0 Å². The fourth-order valence-corrected chi connectivity index (χ4v) is 1.53. The van der Waals surface area contributed by atoms with Crippen LogP contribution >= 0.6 is 0 Å². The van der Waals surface area contributed by atoms with Crippen LogP contribution in [0.5, 0.6) is 0 Å². The first kappa shape index (κ1) is 11.9. The van der Waals surface area contributed by atoms with Gasteiger partial charge in [0.05, 0.1) is 0 Å². The number of rotatable bonds is 4. The lowest BCUT2D eigenvalue weighted by molar-refractivity contribution is -0.144. The summed E-state index contributed by atoms with van der Waals surface area (Å²) in [6, 6.07) is -0.549. The zero-order valence-corrected chi connectivity index (χ0v) is 8.86. The minimum absolute atomic E-state index is 0.0142. The zero-order valence-electron chi connectivity index (χ0n) is 8.86. The van der Waals surface area contributed by atoms with E-state index in [1.165, 1.54) is 4.90 Å². The summed E-state index contributed by atoms with van der Waals surface area (Å²) in [6.07, 6.45) is 0. The summed E-state index contributed by atoms with van der Waals surface area (Å²) in [6.45, 7) is 3.92. The van der Waals surface area contributed by atoms with Gasteiger partial charge in [0.25, 0.3) is 0 Å². The molecule has 15 heavy (non-hydrogen) atoms. The van der Waals surface area contributed by atoms with Crippen molar-refractivity contribution in [2.45, 2.75) is 13.0 Å². The van der Waals surface area contributed by atoms with Gasteiger partial charge in [-0.05, 0) is 6.92 Å². The molecule has 0 spiro atoms. The lowest BCUT2D eigenvalue weighted by Crippen LogP contribution is -2.59. The molecule has 0 aromatic heterocycles. The van der Waals surface area contributed by atoms with Crippen molar-refractivity contribution in [1.82, 2.24) is 10.2 Å². The van der Waals surface area contributed by atoms with E-state index in [1.807, 2.05) is 6.92 Å². The van der Waals surface area contributed by atoms with Crippen molar-refractivity contribution in [1.29, 1.82) is 0 Å². The summed E-state index contributed by atoms with van der Waals surface area (Å²) in [5, 5.41) is 3.02. The highest BCUT2D eigenvalue weighted by Crippen LogP contribution is 2.03. The van der Waals surface area contributed by atoms with Crippen molar-refractivity contribution in [3.8, 4) is 0 Å². The van der Waals surface area contributed by atoms with Crippen molar-refractivity contribution < 1.29 is 14.3 Å². The van der Waals surface area contributed by atoms with E-state index in [9.17, 15) is 9.59 Å². The zero-order chi connectivity index (χ0) is 11.3. The first-order valence-corrected chi connectivity index (χ1v) is 5.04. The average molecular weight is 215 g/mol. The van der Waals surface area contributed by atoms with Gasteiger partial charge in [-0.3, -0.25) is 9.59 Å². The Labute approximate surface area is 88.7 Å². The van der Waals surface area contributed by atoms with E-state index in [0.29, 0.717) is 26.2 Å². The quantitative estimate of drug-likeness (QED) is 0.586. The lowest BCUT2D eigenvalue weighted by atomic mass is 10.2. The molecular formula is C9H17N3O3. The summed E-state index contributed by atoms with van der Waals surface area (Å²) in [5.41, 5.74) is 5.21. The second-order valence-corrected chi connectivity index (χ2v) is 3.35. The first-order chi connectivity index (χ1) is 7.16. The van der Waals surface area contributed by atoms with Gasteiger partial charge in [0.1, 0.15) is 12.6 Å². The molecule has 0 aromatic rings. The standard InChI is InChI=1S/C9H17N3O3/c1-2-15-6-8(13)12-4-3-11-5-7(12)9(10)14/h7,11H,2-6H2,1H3,(H2,10,14). The molecule has 0 aliphatic carbocycles. The Balaban J connectivity index is 2.55. The van der Waals surface area contributed by atoms with Crippen LogP contribution in [0.2, 0.25) is 0 Å². The summed E-state index contributed by atoms with van der Waals surface area (Å²) in [5.74, 6) is -0.658. The molecule has 86 valence electrons. The van der Waals surface area contributed by atoms with Crippen molar-refractivity contribution in [3.05, 3.63) is 0 Å². The number of nitrogens with two attached hydrogens (primary N) is 1. The summed E-state index contributed by atoms with van der Waals surface area (Å²) >= 11 is 0. The number of hydrogen-bond acceptors (Lipinski definition) is 4. The van der Waals surface area contributed by atoms with E-state index in [2.05, 4.69) is 5.32 Å². The van der Waals surface area contributed by atoms with Crippen molar-refractivity contribution in [2.24, 2.45) is 5.73 Å². The van der Waals surface area contributed by atoms with Gasteiger partial charge >= 0.3 is 0 Å². The molecule has 6 heteroatoms. The van der Waals surface area contributed by atoms with Crippen molar-refractivity contribution in [2.75, 3.05) is 32.8 Å². The number of ether oxygens (including phenoxy) is 1. The Hall–Kier alpha value is -1.14. The fraction of sp³-hybridized carbons (Fsp3) is 0.778. The molecule has 1 unspecified atom stereocenters. The van der Waals surface area contributed by atoms with Gasteiger partial charge in [0.15, 0.2) is 0 Å². The van der Waals surface area contributed by atoms with Crippen LogP contribution in [0, 0.1) is 0 Å². The Kier molecular flexibility index (Phi) is 4.51. The Bertz CT molecular complexity index is 245. The van der Waals surface area contributed by atoms with Gasteiger partial charge < -0.3 is 20.7 Å². The lowest BCUT2D eigenvalue weighted by Gasteiger charge is -2.34. The molecule has 0 aromatic carbocycles. The average Bonchev–Trinajstić information content (AvgIpc) is 2.25. The number of carbonyl (C=O) groups excluding carboxylic acids is 2. The highest BCUT2D eigenvalue weighted by molar-refractivity contribution is 5.87. The smallest absolute Gasteiger partial charge is 0.249 e. The molecule has 1 saturated heterocycles. The highest BCUT2D eigenvalue weighted by atomic mass is 16.5. The number of amides is 2. The minimum atomic E-state index is -0.549. The molecule has 3 N–H and O–H groups in total. The van der Waals surface area contributed by atoms with Crippen LogP contribution in [0.1, 0.15) is 6.92 Å². The predicted octanol–water partition coefficient (Wildman–Crippen LogP) is -1.69. The third-order valence-electron chi connectivity index (χ3n) is 2.32. The van der Waals surface area contributed by atoms with E-state index in [4.69, 9.17) is 10.5 Å². The van der Waals surface area contributed by atoms with Crippen molar-refractivity contribution in [3.63, 3.8) is 0 Å². The molecule has 0 radical (unpaired) electrons. The maximum Gasteiger partial charge on any atom is 0.249 e. The number of hydrogen-bond donors (Lipinski definition) is 2. The molecule has 0 saturated carbocycles. The molecule has 1 fully saturated rings. The fourth-order valence-electron chi connectivity index (χ4n) is 1.53. The van der Waals surface area contributed by atoms with E-state index in [0.717, 1.165) is 0 Å². The number of piperazine rings is 1. The first-order valence-electron chi connectivity index (χ1n) is 5.04. The summed E-state index contributed by atoms with van der Waals surface area (Å²) < 4.78 is 5.01. The van der Waals surface area contributed by atoms with Crippen LogP contribution in [0.3, 0.4) is 0 Å². The Morgan fingerprint density at radius 1 is 1.60 bits per heavy atom. The molecule has 1 heterocycles. The minimum Gasteiger partial charge on any atom is -0.372 e. The van der Waals surface area contributed by atoms with Crippen LogP contribution in [0.15, 0.2) is 0 Å². The van der Waals surface area contributed by atoms with E-state index in [-0.39, 0.29) is 12.5 Å². The maximum atomic E-state index is 11.6. The van der Waals surface area contributed by atoms with Gasteiger partial charge in [-0.1, -0.05) is 0 Å². The second-order valence-electron chi connectivity index (χ2n) is 3.35. The van der Waals surface area contributed by atoms with Crippen LogP contribution < -0.4 is 11.1 Å². The molecule has 1 atom stereocenters. The van der Waals surface area contributed by atoms with Crippen LogP contribution in [0.25, 0.3) is 0 Å².